The molecule has 0 radical (unpaired) electrons. The normalized spacial score (nSPS) is 11.2. The largest absolute Gasteiger partial charge is 0.497 e. The number of nitrogens with zero attached hydrogens (tertiary/aromatic N) is 1. The van der Waals surface area contributed by atoms with Gasteiger partial charge in [-0.2, -0.15) is 5.10 Å². The molecule has 1 amide bonds. The van der Waals surface area contributed by atoms with Gasteiger partial charge in [-0.05, 0) is 30.5 Å². The minimum absolute atomic E-state index is 0.197. The quantitative estimate of drug-likeness (QED) is 0.688. The first-order valence-electron chi connectivity index (χ1n) is 5.73. The summed E-state index contributed by atoms with van der Waals surface area (Å²) in [5.41, 5.74) is 4.17. The van der Waals surface area contributed by atoms with Crippen LogP contribution in [0.5, 0.6) is 5.75 Å². The van der Waals surface area contributed by atoms with Crippen LogP contribution in [-0.2, 0) is 0 Å². The SMILES string of the molecule is COc1cccc(/C(C)=N\NC(=O)c2cccs2)c1. The number of benzene rings is 1. The lowest BCUT2D eigenvalue weighted by Gasteiger charge is -2.04. The molecule has 98 valence electrons. The van der Waals surface area contributed by atoms with Crippen LogP contribution >= 0.6 is 11.3 Å². The Morgan fingerprint density at radius 1 is 1.32 bits per heavy atom. The van der Waals surface area contributed by atoms with E-state index in [0.29, 0.717) is 4.88 Å². The minimum atomic E-state index is -0.197. The Labute approximate surface area is 115 Å². The average Bonchev–Trinajstić information content (AvgIpc) is 2.98. The molecule has 1 N–H and O–H groups in total. The summed E-state index contributed by atoms with van der Waals surface area (Å²) in [6, 6.07) is 11.1. The van der Waals surface area contributed by atoms with E-state index in [1.807, 2.05) is 42.6 Å². The van der Waals surface area contributed by atoms with Gasteiger partial charge in [0.25, 0.3) is 5.91 Å². The molecule has 1 aromatic heterocycles. The van der Waals surface area contributed by atoms with E-state index in [1.54, 1.807) is 13.2 Å². The zero-order chi connectivity index (χ0) is 13.7. The molecule has 0 atom stereocenters. The van der Waals surface area contributed by atoms with Gasteiger partial charge in [0.05, 0.1) is 17.7 Å². The summed E-state index contributed by atoms with van der Waals surface area (Å²) < 4.78 is 5.15. The van der Waals surface area contributed by atoms with Crippen molar-refractivity contribution < 1.29 is 9.53 Å². The minimum Gasteiger partial charge on any atom is -0.497 e. The van der Waals surface area contributed by atoms with Crippen LogP contribution < -0.4 is 10.2 Å². The van der Waals surface area contributed by atoms with Crippen LogP contribution in [0.2, 0.25) is 0 Å². The molecule has 2 rings (SSSR count). The molecular weight excluding hydrogens is 260 g/mol. The predicted octanol–water partition coefficient (Wildman–Crippen LogP) is 2.91. The number of hydrogen-bond donors (Lipinski definition) is 1. The maximum absolute atomic E-state index is 11.7. The van der Waals surface area contributed by atoms with E-state index < -0.39 is 0 Å². The van der Waals surface area contributed by atoms with E-state index >= 15 is 0 Å². The molecule has 0 aliphatic carbocycles. The molecule has 19 heavy (non-hydrogen) atoms. The number of methoxy groups -OCH3 is 1. The Bertz CT molecular complexity index is 591. The van der Waals surface area contributed by atoms with Crippen molar-refractivity contribution >= 4 is 23.0 Å². The monoisotopic (exact) mass is 274 g/mol. The van der Waals surface area contributed by atoms with Crippen molar-refractivity contribution in [2.24, 2.45) is 5.10 Å². The average molecular weight is 274 g/mol. The van der Waals surface area contributed by atoms with Crippen molar-refractivity contribution in [1.29, 1.82) is 0 Å². The molecule has 0 bridgehead atoms. The van der Waals surface area contributed by atoms with E-state index in [-0.39, 0.29) is 5.91 Å². The van der Waals surface area contributed by atoms with Gasteiger partial charge in [-0.1, -0.05) is 18.2 Å². The summed E-state index contributed by atoms with van der Waals surface area (Å²) in [6.07, 6.45) is 0. The van der Waals surface area contributed by atoms with Crippen molar-refractivity contribution in [2.45, 2.75) is 6.92 Å². The molecule has 5 heteroatoms. The fourth-order valence-corrected chi connectivity index (χ4v) is 2.12. The lowest BCUT2D eigenvalue weighted by atomic mass is 10.1. The highest BCUT2D eigenvalue weighted by atomic mass is 32.1. The first-order valence-corrected chi connectivity index (χ1v) is 6.61. The van der Waals surface area contributed by atoms with Gasteiger partial charge in [0.15, 0.2) is 0 Å². The summed E-state index contributed by atoms with van der Waals surface area (Å²) in [7, 11) is 1.62. The first-order chi connectivity index (χ1) is 9.20. The Morgan fingerprint density at radius 3 is 2.84 bits per heavy atom. The smallest absolute Gasteiger partial charge is 0.281 e. The van der Waals surface area contributed by atoms with Crippen LogP contribution in [0, 0.1) is 0 Å². The van der Waals surface area contributed by atoms with Gasteiger partial charge in [-0.3, -0.25) is 4.79 Å². The number of rotatable bonds is 4. The molecule has 0 spiro atoms. The highest BCUT2D eigenvalue weighted by molar-refractivity contribution is 7.12. The van der Waals surface area contributed by atoms with Crippen LogP contribution in [0.1, 0.15) is 22.2 Å². The number of carbonyl (C=O) groups is 1. The van der Waals surface area contributed by atoms with Gasteiger partial charge in [0.2, 0.25) is 0 Å². The van der Waals surface area contributed by atoms with E-state index in [0.717, 1.165) is 17.0 Å². The van der Waals surface area contributed by atoms with Crippen LogP contribution in [0.3, 0.4) is 0 Å². The lowest BCUT2D eigenvalue weighted by molar-refractivity contribution is 0.0959. The van der Waals surface area contributed by atoms with Gasteiger partial charge < -0.3 is 4.74 Å². The molecule has 2 aromatic rings. The van der Waals surface area contributed by atoms with Gasteiger partial charge in [0, 0.05) is 5.56 Å². The van der Waals surface area contributed by atoms with Gasteiger partial charge in [-0.15, -0.1) is 11.3 Å². The van der Waals surface area contributed by atoms with Gasteiger partial charge >= 0.3 is 0 Å². The first kappa shape index (κ1) is 13.3. The third kappa shape index (κ3) is 3.42. The van der Waals surface area contributed by atoms with Crippen molar-refractivity contribution in [3.63, 3.8) is 0 Å². The maximum Gasteiger partial charge on any atom is 0.281 e. The zero-order valence-electron chi connectivity index (χ0n) is 10.7. The Balaban J connectivity index is 2.08. The molecule has 0 aliphatic rings. The molecule has 0 aliphatic heterocycles. The Hall–Kier alpha value is -2.14. The number of amides is 1. The second-order valence-corrected chi connectivity index (χ2v) is 4.80. The highest BCUT2D eigenvalue weighted by Gasteiger charge is 2.05. The number of hydrazone groups is 1. The summed E-state index contributed by atoms with van der Waals surface area (Å²) in [5.74, 6) is 0.564. The molecule has 0 unspecified atom stereocenters. The standard InChI is InChI=1S/C14H14N2O2S/c1-10(11-5-3-6-12(9-11)18-2)15-16-14(17)13-7-4-8-19-13/h3-9H,1-2H3,(H,16,17)/b15-10-. The number of thiophene rings is 1. The summed E-state index contributed by atoms with van der Waals surface area (Å²) >= 11 is 1.38. The van der Waals surface area contributed by atoms with Crippen molar-refractivity contribution in [3.05, 3.63) is 52.2 Å². The third-order valence-electron chi connectivity index (χ3n) is 2.56. The lowest BCUT2D eigenvalue weighted by Crippen LogP contribution is -2.18. The molecule has 0 fully saturated rings. The van der Waals surface area contributed by atoms with Crippen molar-refractivity contribution in [3.8, 4) is 5.75 Å². The molecular formula is C14H14N2O2S. The predicted molar refractivity (Wildman–Crippen MR) is 77.0 cm³/mol. The maximum atomic E-state index is 11.7. The van der Waals surface area contributed by atoms with Crippen LogP contribution in [-0.4, -0.2) is 18.7 Å². The fraction of sp³-hybridized carbons (Fsp3) is 0.143. The fourth-order valence-electron chi connectivity index (χ4n) is 1.51. The van der Waals surface area contributed by atoms with Crippen LogP contribution in [0.15, 0.2) is 46.9 Å². The summed E-state index contributed by atoms with van der Waals surface area (Å²) in [4.78, 5) is 12.4. The summed E-state index contributed by atoms with van der Waals surface area (Å²) in [6.45, 7) is 1.84. The third-order valence-corrected chi connectivity index (χ3v) is 3.43. The highest BCUT2D eigenvalue weighted by Crippen LogP contribution is 2.13. The number of ether oxygens (including phenoxy) is 1. The molecule has 1 heterocycles. The molecule has 0 saturated carbocycles. The van der Waals surface area contributed by atoms with E-state index in [4.69, 9.17) is 4.74 Å². The van der Waals surface area contributed by atoms with Gasteiger partial charge in [0.1, 0.15) is 5.75 Å². The second-order valence-electron chi connectivity index (χ2n) is 3.85. The second kappa shape index (κ2) is 6.15. The number of nitrogens with one attached hydrogen (secondary N) is 1. The molecule has 0 saturated heterocycles. The van der Waals surface area contributed by atoms with Crippen molar-refractivity contribution in [1.82, 2.24) is 5.43 Å². The number of carbonyl (C=O) groups excluding carboxylic acids is 1. The molecule has 1 aromatic carbocycles. The van der Waals surface area contributed by atoms with Crippen LogP contribution in [0.4, 0.5) is 0 Å². The Kier molecular flexibility index (Phi) is 4.30. The van der Waals surface area contributed by atoms with E-state index in [1.165, 1.54) is 11.3 Å². The van der Waals surface area contributed by atoms with Gasteiger partial charge in [-0.25, -0.2) is 5.43 Å². The Morgan fingerprint density at radius 2 is 2.16 bits per heavy atom. The van der Waals surface area contributed by atoms with E-state index in [9.17, 15) is 4.79 Å². The van der Waals surface area contributed by atoms with Crippen LogP contribution in [0.25, 0.3) is 0 Å². The molecule has 4 nitrogen and oxygen atoms in total. The number of hydrogen-bond acceptors (Lipinski definition) is 4. The summed E-state index contributed by atoms with van der Waals surface area (Å²) in [5, 5.41) is 5.95. The zero-order valence-corrected chi connectivity index (χ0v) is 11.5. The van der Waals surface area contributed by atoms with E-state index in [2.05, 4.69) is 10.5 Å². The van der Waals surface area contributed by atoms with Crippen molar-refractivity contribution in [2.75, 3.05) is 7.11 Å². The topological polar surface area (TPSA) is 50.7 Å².